The molecule has 2 heterocycles. The minimum Gasteiger partial charge on any atom is -0.399 e. The van der Waals surface area contributed by atoms with Crippen LogP contribution in [0.1, 0.15) is 33.3 Å². The molecule has 0 N–H and O–H groups in total. The zero-order valence-electron chi connectivity index (χ0n) is 13.2. The molecule has 22 heavy (non-hydrogen) atoms. The van der Waals surface area contributed by atoms with Gasteiger partial charge in [0.15, 0.2) is 0 Å². The lowest BCUT2D eigenvalue weighted by Crippen LogP contribution is -2.41. The third kappa shape index (κ3) is 2.33. The van der Waals surface area contributed by atoms with Gasteiger partial charge in [-0.05, 0) is 51.4 Å². The number of nitrogens with zero attached hydrogens (tertiary/aromatic N) is 3. The monoisotopic (exact) mass is 295 g/mol. The molecule has 1 aliphatic rings. The Morgan fingerprint density at radius 1 is 1.18 bits per heavy atom. The van der Waals surface area contributed by atoms with Crippen molar-refractivity contribution in [1.29, 1.82) is 5.26 Å². The first kappa shape index (κ1) is 14.8. The van der Waals surface area contributed by atoms with Gasteiger partial charge in [-0.1, -0.05) is 6.07 Å². The Balaban J connectivity index is 1.96. The lowest BCUT2D eigenvalue weighted by molar-refractivity contribution is 0.00578. The summed E-state index contributed by atoms with van der Waals surface area (Å²) in [6.45, 7) is 8.04. The molecule has 5 nitrogen and oxygen atoms in total. The van der Waals surface area contributed by atoms with Gasteiger partial charge in [-0.3, -0.25) is 0 Å². The SMILES string of the molecule is CC1(C)OB(c2ccc(-n3cccn3)c(C#N)c2)OC1(C)C. The van der Waals surface area contributed by atoms with Crippen molar-refractivity contribution in [2.45, 2.75) is 38.9 Å². The van der Waals surface area contributed by atoms with E-state index in [9.17, 15) is 5.26 Å². The van der Waals surface area contributed by atoms with E-state index in [0.717, 1.165) is 11.2 Å². The molecule has 1 fully saturated rings. The van der Waals surface area contributed by atoms with Crippen molar-refractivity contribution in [3.63, 3.8) is 0 Å². The molecule has 1 aliphatic heterocycles. The summed E-state index contributed by atoms with van der Waals surface area (Å²) in [4.78, 5) is 0. The van der Waals surface area contributed by atoms with Gasteiger partial charge in [0.2, 0.25) is 0 Å². The van der Waals surface area contributed by atoms with Gasteiger partial charge in [0.25, 0.3) is 0 Å². The van der Waals surface area contributed by atoms with Crippen molar-refractivity contribution in [3.8, 4) is 11.8 Å². The third-order valence-corrected chi connectivity index (χ3v) is 4.42. The molecular weight excluding hydrogens is 277 g/mol. The topological polar surface area (TPSA) is 60.1 Å². The first-order valence-corrected chi connectivity index (χ1v) is 7.24. The number of nitriles is 1. The largest absolute Gasteiger partial charge is 0.494 e. The first-order valence-electron chi connectivity index (χ1n) is 7.24. The second-order valence-corrected chi connectivity index (χ2v) is 6.43. The van der Waals surface area contributed by atoms with Crippen LogP contribution in [-0.2, 0) is 9.31 Å². The highest BCUT2D eigenvalue weighted by Gasteiger charge is 2.51. The molecule has 0 unspecified atom stereocenters. The van der Waals surface area contributed by atoms with Gasteiger partial charge in [-0.15, -0.1) is 0 Å². The standard InChI is InChI=1S/C16H18BN3O2/c1-15(2)16(3,4)22-17(21-15)13-6-7-14(12(10-13)11-18)20-9-5-8-19-20/h5-10H,1-4H3. The highest BCUT2D eigenvalue weighted by Crippen LogP contribution is 2.36. The fraction of sp³-hybridized carbons (Fsp3) is 0.375. The predicted octanol–water partition coefficient (Wildman–Crippen LogP) is 2.04. The number of aromatic nitrogens is 2. The fourth-order valence-corrected chi connectivity index (χ4v) is 2.38. The van der Waals surface area contributed by atoms with Crippen molar-refractivity contribution in [1.82, 2.24) is 9.78 Å². The van der Waals surface area contributed by atoms with E-state index in [1.807, 2.05) is 52.1 Å². The molecule has 1 aromatic carbocycles. The molecule has 0 saturated carbocycles. The Morgan fingerprint density at radius 3 is 2.41 bits per heavy atom. The van der Waals surface area contributed by atoms with E-state index in [1.54, 1.807) is 16.9 Å². The Hall–Kier alpha value is -2.10. The molecule has 112 valence electrons. The molecule has 3 rings (SSSR count). The summed E-state index contributed by atoms with van der Waals surface area (Å²) in [5.74, 6) is 0. The Kier molecular flexibility index (Phi) is 3.35. The van der Waals surface area contributed by atoms with Crippen molar-refractivity contribution in [3.05, 3.63) is 42.2 Å². The number of benzene rings is 1. The van der Waals surface area contributed by atoms with Crippen molar-refractivity contribution < 1.29 is 9.31 Å². The molecule has 0 aliphatic carbocycles. The maximum absolute atomic E-state index is 9.42. The summed E-state index contributed by atoms with van der Waals surface area (Å²) in [6, 6.07) is 9.63. The van der Waals surface area contributed by atoms with Crippen LogP contribution in [0, 0.1) is 11.3 Å². The number of hydrogen-bond acceptors (Lipinski definition) is 4. The van der Waals surface area contributed by atoms with Crippen LogP contribution < -0.4 is 5.46 Å². The zero-order chi connectivity index (χ0) is 16.0. The molecule has 0 atom stereocenters. The summed E-state index contributed by atoms with van der Waals surface area (Å²) in [5.41, 5.74) is 1.32. The summed E-state index contributed by atoms with van der Waals surface area (Å²) >= 11 is 0. The molecule has 2 aromatic rings. The lowest BCUT2D eigenvalue weighted by atomic mass is 9.78. The second-order valence-electron chi connectivity index (χ2n) is 6.43. The van der Waals surface area contributed by atoms with Crippen molar-refractivity contribution in [2.75, 3.05) is 0 Å². The molecule has 0 radical (unpaired) electrons. The van der Waals surface area contributed by atoms with Gasteiger partial charge < -0.3 is 9.31 Å². The van der Waals surface area contributed by atoms with Crippen LogP contribution in [-0.4, -0.2) is 28.1 Å². The molecule has 1 saturated heterocycles. The summed E-state index contributed by atoms with van der Waals surface area (Å²) in [7, 11) is -0.469. The molecule has 6 heteroatoms. The van der Waals surface area contributed by atoms with Crippen LogP contribution in [0.25, 0.3) is 5.69 Å². The first-order chi connectivity index (χ1) is 10.3. The van der Waals surface area contributed by atoms with Crippen LogP contribution in [0.3, 0.4) is 0 Å². The third-order valence-electron chi connectivity index (χ3n) is 4.42. The summed E-state index contributed by atoms with van der Waals surface area (Å²) < 4.78 is 13.7. The van der Waals surface area contributed by atoms with Gasteiger partial charge in [0.1, 0.15) is 6.07 Å². The Bertz CT molecular complexity index is 716. The summed E-state index contributed by atoms with van der Waals surface area (Å²) in [5, 5.41) is 13.6. The molecular formula is C16H18BN3O2. The summed E-state index contributed by atoms with van der Waals surface area (Å²) in [6.07, 6.45) is 3.49. The van der Waals surface area contributed by atoms with Crippen LogP contribution in [0.2, 0.25) is 0 Å². The lowest BCUT2D eigenvalue weighted by Gasteiger charge is -2.32. The smallest absolute Gasteiger partial charge is 0.399 e. The molecule has 1 aromatic heterocycles. The average molecular weight is 295 g/mol. The van der Waals surface area contributed by atoms with Gasteiger partial charge >= 0.3 is 7.12 Å². The van der Waals surface area contributed by atoms with E-state index in [1.165, 1.54) is 0 Å². The van der Waals surface area contributed by atoms with Crippen LogP contribution in [0.5, 0.6) is 0 Å². The van der Waals surface area contributed by atoms with Gasteiger partial charge in [-0.25, -0.2) is 4.68 Å². The van der Waals surface area contributed by atoms with E-state index in [0.29, 0.717) is 5.56 Å². The van der Waals surface area contributed by atoms with Crippen LogP contribution in [0.4, 0.5) is 0 Å². The Morgan fingerprint density at radius 2 is 1.86 bits per heavy atom. The van der Waals surface area contributed by atoms with E-state index in [-0.39, 0.29) is 0 Å². The van der Waals surface area contributed by atoms with E-state index in [4.69, 9.17) is 9.31 Å². The molecule has 0 amide bonds. The average Bonchev–Trinajstić information content (AvgIpc) is 3.05. The van der Waals surface area contributed by atoms with Gasteiger partial charge in [0.05, 0.1) is 22.5 Å². The minimum absolute atomic E-state index is 0.398. The quantitative estimate of drug-likeness (QED) is 0.796. The normalized spacial score (nSPS) is 19.1. The number of rotatable bonds is 2. The zero-order valence-corrected chi connectivity index (χ0v) is 13.2. The van der Waals surface area contributed by atoms with E-state index in [2.05, 4.69) is 11.2 Å². The van der Waals surface area contributed by atoms with Crippen molar-refractivity contribution >= 4 is 12.6 Å². The van der Waals surface area contributed by atoms with Gasteiger partial charge in [0, 0.05) is 12.4 Å². The molecule has 0 spiro atoms. The fourth-order valence-electron chi connectivity index (χ4n) is 2.38. The Labute approximate surface area is 130 Å². The minimum atomic E-state index is -0.469. The molecule has 0 bridgehead atoms. The maximum Gasteiger partial charge on any atom is 0.494 e. The predicted molar refractivity (Wildman–Crippen MR) is 84.0 cm³/mol. The van der Waals surface area contributed by atoms with Crippen LogP contribution in [0.15, 0.2) is 36.7 Å². The maximum atomic E-state index is 9.42. The van der Waals surface area contributed by atoms with E-state index >= 15 is 0 Å². The van der Waals surface area contributed by atoms with Gasteiger partial charge in [-0.2, -0.15) is 10.4 Å². The van der Waals surface area contributed by atoms with E-state index < -0.39 is 18.3 Å². The highest BCUT2D eigenvalue weighted by molar-refractivity contribution is 6.62. The number of hydrogen-bond donors (Lipinski definition) is 0. The second kappa shape index (κ2) is 4.97. The highest BCUT2D eigenvalue weighted by atomic mass is 16.7. The van der Waals surface area contributed by atoms with Crippen LogP contribution >= 0.6 is 0 Å². The van der Waals surface area contributed by atoms with Crippen molar-refractivity contribution in [2.24, 2.45) is 0 Å².